The Morgan fingerprint density at radius 3 is 2.30 bits per heavy atom. The number of rotatable bonds is 5. The summed E-state index contributed by atoms with van der Waals surface area (Å²) in [6, 6.07) is 7.11. The fraction of sp³-hybridized carbons (Fsp3) is 0.312. The molecule has 1 aliphatic rings. The van der Waals surface area contributed by atoms with E-state index in [0.29, 0.717) is 34.1 Å². The molecule has 0 saturated heterocycles. The van der Waals surface area contributed by atoms with Gasteiger partial charge in [0.15, 0.2) is 0 Å². The summed E-state index contributed by atoms with van der Waals surface area (Å²) in [5.74, 6) is 0.662. The van der Waals surface area contributed by atoms with E-state index in [1.54, 1.807) is 24.4 Å². The molecule has 1 fully saturated rings. The predicted molar refractivity (Wildman–Crippen MR) is 98.2 cm³/mol. The second-order valence-corrected chi connectivity index (χ2v) is 6.89. The molecule has 1 aromatic heterocycles. The molecule has 124 valence electrons. The summed E-state index contributed by atoms with van der Waals surface area (Å²) < 4.78 is 5.83. The zero-order valence-corrected chi connectivity index (χ0v) is 15.3. The fourth-order valence-electron chi connectivity index (χ4n) is 2.24. The lowest BCUT2D eigenvalue weighted by Gasteiger charge is -2.14. The average molecular weight is 394 g/mol. The third-order valence-electron chi connectivity index (χ3n) is 3.92. The minimum atomic E-state index is 0. The summed E-state index contributed by atoms with van der Waals surface area (Å²) in [5.41, 5.74) is 7.45. The summed E-state index contributed by atoms with van der Waals surface area (Å²) in [6.07, 6.45) is 3.84. The van der Waals surface area contributed by atoms with Crippen molar-refractivity contribution in [3.63, 3.8) is 0 Å². The molecule has 0 bridgehead atoms. The first-order valence-corrected chi connectivity index (χ1v) is 8.10. The van der Waals surface area contributed by atoms with Crippen LogP contribution in [0.15, 0.2) is 30.5 Å². The average Bonchev–Trinajstić information content (AvgIpc) is 3.26. The third-order valence-corrected chi connectivity index (χ3v) is 4.66. The Morgan fingerprint density at radius 1 is 1.09 bits per heavy atom. The first-order valence-electron chi connectivity index (χ1n) is 6.96. The molecule has 1 aromatic carbocycles. The maximum absolute atomic E-state index is 6.19. The lowest BCUT2D eigenvalue weighted by atomic mass is 10.1. The van der Waals surface area contributed by atoms with E-state index in [1.165, 1.54) is 0 Å². The van der Waals surface area contributed by atoms with Crippen LogP contribution in [0.25, 0.3) is 11.1 Å². The molecule has 0 spiro atoms. The Labute approximate surface area is 156 Å². The van der Waals surface area contributed by atoms with Gasteiger partial charge in [0.1, 0.15) is 10.9 Å². The van der Waals surface area contributed by atoms with Gasteiger partial charge in [0, 0.05) is 27.6 Å². The quantitative estimate of drug-likeness (QED) is 0.705. The molecule has 0 unspecified atom stereocenters. The van der Waals surface area contributed by atoms with Crippen molar-refractivity contribution in [2.45, 2.75) is 12.8 Å². The number of pyridine rings is 1. The van der Waals surface area contributed by atoms with E-state index >= 15 is 0 Å². The van der Waals surface area contributed by atoms with E-state index < -0.39 is 0 Å². The fourth-order valence-corrected chi connectivity index (χ4v) is 2.98. The molecule has 0 amide bonds. The van der Waals surface area contributed by atoms with Crippen LogP contribution in [0.5, 0.6) is 5.75 Å². The summed E-state index contributed by atoms with van der Waals surface area (Å²) in [6.45, 7) is 1.24. The first-order chi connectivity index (χ1) is 10.5. The largest absolute Gasteiger partial charge is 0.491 e. The Kier molecular flexibility index (Phi) is 6.04. The molecule has 1 heterocycles. The molecule has 0 atom stereocenters. The van der Waals surface area contributed by atoms with Crippen molar-refractivity contribution in [2.75, 3.05) is 13.2 Å². The van der Waals surface area contributed by atoms with Gasteiger partial charge in [-0.2, -0.15) is 0 Å². The topological polar surface area (TPSA) is 48.1 Å². The number of hydrogen-bond acceptors (Lipinski definition) is 3. The van der Waals surface area contributed by atoms with Crippen molar-refractivity contribution in [3.8, 4) is 16.9 Å². The maximum atomic E-state index is 6.19. The van der Waals surface area contributed by atoms with Gasteiger partial charge in [0.25, 0.3) is 0 Å². The summed E-state index contributed by atoms with van der Waals surface area (Å²) in [7, 11) is 0. The number of nitrogens with two attached hydrogens (primary N) is 1. The number of hydrogen-bond donors (Lipinski definition) is 1. The highest BCUT2D eigenvalue weighted by atomic mass is 35.5. The van der Waals surface area contributed by atoms with E-state index in [2.05, 4.69) is 4.98 Å². The van der Waals surface area contributed by atoms with Gasteiger partial charge in [-0.25, -0.2) is 4.98 Å². The Balaban J connectivity index is 0.00000192. The van der Waals surface area contributed by atoms with Crippen molar-refractivity contribution in [1.82, 2.24) is 4.98 Å². The predicted octanol–water partition coefficient (Wildman–Crippen LogP) is 5.25. The van der Waals surface area contributed by atoms with Crippen molar-refractivity contribution in [2.24, 2.45) is 11.1 Å². The molecule has 7 heteroatoms. The van der Waals surface area contributed by atoms with Crippen LogP contribution in [0.2, 0.25) is 15.2 Å². The molecule has 1 aliphatic carbocycles. The number of nitrogens with zero attached hydrogens (tertiary/aromatic N) is 1. The van der Waals surface area contributed by atoms with E-state index in [-0.39, 0.29) is 17.8 Å². The van der Waals surface area contributed by atoms with Crippen LogP contribution in [0, 0.1) is 5.41 Å². The number of ether oxygens (including phenoxy) is 1. The van der Waals surface area contributed by atoms with Crippen LogP contribution >= 0.6 is 47.2 Å². The van der Waals surface area contributed by atoms with E-state index in [0.717, 1.165) is 24.0 Å². The van der Waals surface area contributed by atoms with Crippen molar-refractivity contribution < 1.29 is 4.74 Å². The molecule has 0 radical (unpaired) electrons. The van der Waals surface area contributed by atoms with Crippen LogP contribution in [-0.4, -0.2) is 18.1 Å². The minimum absolute atomic E-state index is 0. The molecule has 0 aliphatic heterocycles. The highest BCUT2D eigenvalue weighted by molar-refractivity contribution is 6.35. The third kappa shape index (κ3) is 4.43. The summed E-state index contributed by atoms with van der Waals surface area (Å²) >= 11 is 18.3. The second kappa shape index (κ2) is 7.45. The van der Waals surface area contributed by atoms with Crippen LogP contribution in [0.1, 0.15) is 12.8 Å². The van der Waals surface area contributed by atoms with Crippen LogP contribution in [-0.2, 0) is 0 Å². The molecular formula is C16H16Cl4N2O. The number of halogens is 4. The Hall–Kier alpha value is -0.710. The summed E-state index contributed by atoms with van der Waals surface area (Å²) in [5, 5.41) is 1.47. The van der Waals surface area contributed by atoms with Crippen molar-refractivity contribution in [3.05, 3.63) is 45.7 Å². The zero-order valence-electron chi connectivity index (χ0n) is 12.2. The van der Waals surface area contributed by atoms with Crippen LogP contribution < -0.4 is 10.5 Å². The molecule has 2 N–H and O–H groups in total. The van der Waals surface area contributed by atoms with E-state index in [9.17, 15) is 0 Å². The van der Waals surface area contributed by atoms with Crippen LogP contribution in [0.4, 0.5) is 0 Å². The van der Waals surface area contributed by atoms with Gasteiger partial charge in [0.05, 0.1) is 12.8 Å². The Bertz CT molecular complexity index is 684. The van der Waals surface area contributed by atoms with Gasteiger partial charge in [0.2, 0.25) is 0 Å². The highest BCUT2D eigenvalue weighted by Crippen LogP contribution is 2.45. The van der Waals surface area contributed by atoms with Gasteiger partial charge in [-0.05, 0) is 42.7 Å². The first kappa shape index (κ1) is 18.6. The highest BCUT2D eigenvalue weighted by Gasteiger charge is 2.42. The zero-order chi connectivity index (χ0) is 15.7. The molecule has 3 nitrogen and oxygen atoms in total. The van der Waals surface area contributed by atoms with Crippen molar-refractivity contribution in [1.29, 1.82) is 0 Å². The van der Waals surface area contributed by atoms with Crippen LogP contribution in [0.3, 0.4) is 0 Å². The summed E-state index contributed by atoms with van der Waals surface area (Å²) in [4.78, 5) is 4.18. The number of aromatic nitrogens is 1. The van der Waals surface area contributed by atoms with Gasteiger partial charge in [-0.3, -0.25) is 0 Å². The number of benzene rings is 1. The second-order valence-electron chi connectivity index (χ2n) is 5.66. The molecule has 2 aromatic rings. The monoisotopic (exact) mass is 392 g/mol. The molecule has 23 heavy (non-hydrogen) atoms. The van der Waals surface area contributed by atoms with E-state index in [4.69, 9.17) is 45.3 Å². The van der Waals surface area contributed by atoms with Gasteiger partial charge in [-0.15, -0.1) is 12.4 Å². The standard InChI is InChI=1S/C16H15Cl3N2O.ClH/c17-11-3-10(4-12(18)5-11)14-6-13(7-21-15(14)19)22-9-16(8-20)1-2-16;/h3-7H,1-2,8-9,20H2;1H. The smallest absolute Gasteiger partial charge is 0.138 e. The van der Waals surface area contributed by atoms with Gasteiger partial charge < -0.3 is 10.5 Å². The maximum Gasteiger partial charge on any atom is 0.138 e. The minimum Gasteiger partial charge on any atom is -0.491 e. The lowest BCUT2D eigenvalue weighted by Crippen LogP contribution is -2.22. The van der Waals surface area contributed by atoms with Crippen molar-refractivity contribution >= 4 is 47.2 Å². The Morgan fingerprint density at radius 2 is 1.74 bits per heavy atom. The molecule has 1 saturated carbocycles. The van der Waals surface area contributed by atoms with Gasteiger partial charge in [-0.1, -0.05) is 34.8 Å². The van der Waals surface area contributed by atoms with E-state index in [1.807, 2.05) is 6.07 Å². The molecule has 3 rings (SSSR count). The van der Waals surface area contributed by atoms with Gasteiger partial charge >= 0.3 is 0 Å². The SMILES string of the molecule is Cl.NCC1(COc2cnc(Cl)c(-c3cc(Cl)cc(Cl)c3)c2)CC1. The molecular weight excluding hydrogens is 378 g/mol. The lowest BCUT2D eigenvalue weighted by molar-refractivity contribution is 0.238. The normalized spacial score (nSPS) is 15.0.